The number of alkyl halides is 2. The molecule has 2 heterocycles. The van der Waals surface area contributed by atoms with Gasteiger partial charge in [0.05, 0.1) is 0 Å². The van der Waals surface area contributed by atoms with Gasteiger partial charge in [-0.05, 0) is 12.1 Å². The zero-order valence-corrected chi connectivity index (χ0v) is 12.0. The van der Waals surface area contributed by atoms with Crippen molar-refractivity contribution in [2.24, 2.45) is 0 Å². The Morgan fingerprint density at radius 1 is 1.21 bits per heavy atom. The average molecular weight is 343 g/mol. The van der Waals surface area contributed by atoms with Gasteiger partial charge in [0, 0.05) is 11.8 Å². The quantitative estimate of drug-likeness (QED) is 0.826. The Morgan fingerprint density at radius 3 is 2.75 bits per heavy atom. The number of halogens is 2. The number of nitrogens with one attached hydrogen (secondary N) is 1. The van der Waals surface area contributed by atoms with Crippen LogP contribution in [0.5, 0.6) is 11.5 Å². The fraction of sp³-hybridized carbons (Fsp3) is 0.286. The van der Waals surface area contributed by atoms with Crippen LogP contribution in [0.25, 0.3) is 0 Å². The van der Waals surface area contributed by atoms with Crippen molar-refractivity contribution in [2.45, 2.75) is 6.29 Å². The number of hydrogen-bond acceptors (Lipinski definition) is 7. The molecule has 24 heavy (non-hydrogen) atoms. The summed E-state index contributed by atoms with van der Waals surface area (Å²) in [4.78, 5) is 23.3. The molecule has 0 saturated heterocycles. The van der Waals surface area contributed by atoms with Crippen molar-refractivity contribution < 1.29 is 42.1 Å². The molecule has 0 spiro atoms. The van der Waals surface area contributed by atoms with Gasteiger partial charge in [-0.15, -0.1) is 8.78 Å². The van der Waals surface area contributed by atoms with E-state index in [1.807, 2.05) is 0 Å². The maximum atomic E-state index is 12.9. The molecule has 0 saturated carbocycles. The van der Waals surface area contributed by atoms with Gasteiger partial charge in [-0.1, -0.05) is 0 Å². The molecular weight excluding hydrogens is 332 g/mol. The molecule has 0 aromatic heterocycles. The summed E-state index contributed by atoms with van der Waals surface area (Å²) in [5, 5.41) is 2.37. The first kappa shape index (κ1) is 15.8. The molecule has 10 heteroatoms. The van der Waals surface area contributed by atoms with Crippen LogP contribution in [0.15, 0.2) is 30.2 Å². The van der Waals surface area contributed by atoms with Gasteiger partial charge in [0.1, 0.15) is 19.5 Å². The van der Waals surface area contributed by atoms with Crippen molar-refractivity contribution in [3.05, 3.63) is 30.2 Å². The van der Waals surface area contributed by atoms with Crippen LogP contribution in [-0.2, 0) is 23.8 Å². The lowest BCUT2D eigenvalue weighted by molar-refractivity contribution is -0.286. The summed E-state index contributed by atoms with van der Waals surface area (Å²) in [6.07, 6.45) is -2.64. The Hall–Kier alpha value is -3.04. The summed E-state index contributed by atoms with van der Waals surface area (Å²) < 4.78 is 48.9. The molecule has 1 aromatic rings. The van der Waals surface area contributed by atoms with Gasteiger partial charge >= 0.3 is 12.3 Å². The maximum Gasteiger partial charge on any atom is 0.586 e. The van der Waals surface area contributed by atoms with E-state index < -0.39 is 24.8 Å². The normalized spacial score (nSPS) is 17.2. The molecule has 0 fully saturated rings. The second kappa shape index (κ2) is 6.22. The third-order valence-electron chi connectivity index (χ3n) is 2.87. The Bertz CT molecular complexity index is 704. The molecule has 2 aliphatic heterocycles. The zero-order chi connectivity index (χ0) is 17.2. The molecule has 0 radical (unpaired) electrons. The number of amides is 1. The first-order valence-electron chi connectivity index (χ1n) is 6.74. The van der Waals surface area contributed by atoms with Crippen molar-refractivity contribution in [1.29, 1.82) is 0 Å². The summed E-state index contributed by atoms with van der Waals surface area (Å²) >= 11 is 0. The zero-order valence-electron chi connectivity index (χ0n) is 12.0. The summed E-state index contributed by atoms with van der Waals surface area (Å²) in [6, 6.07) is 3.72. The van der Waals surface area contributed by atoms with Gasteiger partial charge in [-0.25, -0.2) is 4.79 Å². The van der Waals surface area contributed by atoms with Crippen molar-refractivity contribution in [2.75, 3.05) is 25.1 Å². The Labute approximate surface area is 133 Å². The molecule has 2 aliphatic rings. The van der Waals surface area contributed by atoms with Gasteiger partial charge in [0.25, 0.3) is 5.91 Å². The van der Waals surface area contributed by atoms with Crippen LogP contribution in [0.4, 0.5) is 14.5 Å². The Kier molecular flexibility index (Phi) is 4.11. The number of benzene rings is 1. The van der Waals surface area contributed by atoms with E-state index in [1.165, 1.54) is 12.1 Å². The lowest BCUT2D eigenvalue weighted by Gasteiger charge is -2.14. The van der Waals surface area contributed by atoms with E-state index in [0.29, 0.717) is 6.61 Å². The molecule has 128 valence electrons. The number of ether oxygens (including phenoxy) is 5. The number of rotatable bonds is 4. The molecule has 3 rings (SSSR count). The SMILES string of the molecule is O=C(COC(=O)C1=COCCO1)Nc1ccc2c(c1)OC(F)(F)O2. The molecule has 0 aliphatic carbocycles. The third kappa shape index (κ3) is 3.65. The van der Waals surface area contributed by atoms with Crippen molar-refractivity contribution in [1.82, 2.24) is 0 Å². The monoisotopic (exact) mass is 343 g/mol. The van der Waals surface area contributed by atoms with Crippen LogP contribution in [-0.4, -0.2) is 38.0 Å². The van der Waals surface area contributed by atoms with E-state index in [1.54, 1.807) is 0 Å². The lowest BCUT2D eigenvalue weighted by Crippen LogP contribution is -2.26. The lowest BCUT2D eigenvalue weighted by atomic mass is 10.3. The van der Waals surface area contributed by atoms with Gasteiger partial charge in [0.2, 0.25) is 5.76 Å². The highest BCUT2D eigenvalue weighted by Crippen LogP contribution is 2.42. The summed E-state index contributed by atoms with van der Waals surface area (Å²) in [5.41, 5.74) is 0.174. The number of hydrogen-bond donors (Lipinski definition) is 1. The predicted molar refractivity (Wildman–Crippen MR) is 72.2 cm³/mol. The third-order valence-corrected chi connectivity index (χ3v) is 2.87. The van der Waals surface area contributed by atoms with Crippen LogP contribution in [0.3, 0.4) is 0 Å². The number of carbonyl (C=O) groups is 2. The van der Waals surface area contributed by atoms with Crippen LogP contribution < -0.4 is 14.8 Å². The molecule has 1 aromatic carbocycles. The molecular formula is C14H11F2NO7. The van der Waals surface area contributed by atoms with E-state index in [9.17, 15) is 18.4 Å². The molecule has 0 atom stereocenters. The topological polar surface area (TPSA) is 92.3 Å². The minimum atomic E-state index is -3.74. The fourth-order valence-electron chi connectivity index (χ4n) is 1.90. The number of carbonyl (C=O) groups excluding carboxylic acids is 2. The second-order valence-corrected chi connectivity index (χ2v) is 4.65. The van der Waals surface area contributed by atoms with Gasteiger partial charge in [0.15, 0.2) is 18.1 Å². The van der Waals surface area contributed by atoms with Crippen LogP contribution >= 0.6 is 0 Å². The Balaban J connectivity index is 1.52. The average Bonchev–Trinajstić information content (AvgIpc) is 2.86. The number of esters is 1. The van der Waals surface area contributed by atoms with Gasteiger partial charge in [-0.2, -0.15) is 0 Å². The largest absolute Gasteiger partial charge is 0.586 e. The van der Waals surface area contributed by atoms with Crippen LogP contribution in [0.1, 0.15) is 0 Å². The van der Waals surface area contributed by atoms with Crippen LogP contribution in [0.2, 0.25) is 0 Å². The van der Waals surface area contributed by atoms with Crippen LogP contribution in [0, 0.1) is 0 Å². The second-order valence-electron chi connectivity index (χ2n) is 4.65. The van der Waals surface area contributed by atoms with Crippen molar-refractivity contribution in [3.63, 3.8) is 0 Å². The highest BCUT2D eigenvalue weighted by atomic mass is 19.3. The van der Waals surface area contributed by atoms with Crippen molar-refractivity contribution in [3.8, 4) is 11.5 Å². The highest BCUT2D eigenvalue weighted by Gasteiger charge is 2.43. The summed E-state index contributed by atoms with van der Waals surface area (Å²) in [5.74, 6) is -2.03. The molecule has 1 amide bonds. The molecule has 8 nitrogen and oxygen atoms in total. The van der Waals surface area contributed by atoms with E-state index in [4.69, 9.17) is 14.2 Å². The summed E-state index contributed by atoms with van der Waals surface area (Å²) in [6.45, 7) is -0.0699. The number of anilines is 1. The van der Waals surface area contributed by atoms with E-state index >= 15 is 0 Å². The first-order valence-corrected chi connectivity index (χ1v) is 6.74. The molecule has 0 unspecified atom stereocenters. The maximum absolute atomic E-state index is 12.9. The number of fused-ring (bicyclic) bond motifs is 1. The minimum Gasteiger partial charge on any atom is -0.493 e. The summed E-state index contributed by atoms with van der Waals surface area (Å²) in [7, 11) is 0. The molecule has 1 N–H and O–H groups in total. The van der Waals surface area contributed by atoms with E-state index in [-0.39, 0.29) is 29.6 Å². The van der Waals surface area contributed by atoms with E-state index in [0.717, 1.165) is 12.3 Å². The highest BCUT2D eigenvalue weighted by molar-refractivity contribution is 5.94. The Morgan fingerprint density at radius 2 is 2.00 bits per heavy atom. The smallest absolute Gasteiger partial charge is 0.493 e. The first-order chi connectivity index (χ1) is 11.4. The van der Waals surface area contributed by atoms with Gasteiger partial charge < -0.3 is 29.0 Å². The van der Waals surface area contributed by atoms with Crippen molar-refractivity contribution >= 4 is 17.6 Å². The van der Waals surface area contributed by atoms with E-state index in [2.05, 4.69) is 14.8 Å². The standard InChI is InChI=1S/C14H11F2NO7/c15-14(16)23-9-2-1-8(5-10(9)24-14)17-12(18)7-22-13(19)11-6-20-3-4-21-11/h1-2,5-6H,3-4,7H2,(H,17,18). The predicted octanol–water partition coefficient (Wildman–Crippen LogP) is 1.38. The molecule has 0 bridgehead atoms. The fourth-order valence-corrected chi connectivity index (χ4v) is 1.90. The minimum absolute atomic E-state index is 0.139. The van der Waals surface area contributed by atoms with Gasteiger partial charge in [-0.3, -0.25) is 4.79 Å².